The summed E-state index contributed by atoms with van der Waals surface area (Å²) in [5, 5.41) is 0. The van der Waals surface area contributed by atoms with Gasteiger partial charge in [-0.3, -0.25) is 4.90 Å². The summed E-state index contributed by atoms with van der Waals surface area (Å²) in [5.41, 5.74) is 1.55. The van der Waals surface area contributed by atoms with Crippen molar-refractivity contribution in [1.29, 1.82) is 0 Å². The Bertz CT molecular complexity index is 667. The lowest BCUT2D eigenvalue weighted by Crippen LogP contribution is -2.37. The Hall–Kier alpha value is -2.38. The number of halogens is 1. The minimum absolute atomic E-state index is 0.0198. The molecule has 2 rings (SSSR count). The zero-order valence-electron chi connectivity index (χ0n) is 13.7. The van der Waals surface area contributed by atoms with E-state index in [0.29, 0.717) is 5.88 Å². The average molecular weight is 312 g/mol. The molecule has 0 aliphatic heterocycles. The third-order valence-corrected chi connectivity index (χ3v) is 3.55. The van der Waals surface area contributed by atoms with Gasteiger partial charge in [-0.05, 0) is 50.3 Å². The second-order valence-corrected chi connectivity index (χ2v) is 5.08. The molecule has 4 heteroatoms. The van der Waals surface area contributed by atoms with Crippen molar-refractivity contribution >= 4 is 0 Å². The summed E-state index contributed by atoms with van der Waals surface area (Å²) in [5.74, 6) is 6.30. The van der Waals surface area contributed by atoms with Gasteiger partial charge in [-0.25, -0.2) is 9.37 Å². The molecule has 1 atom stereocenters. The molecule has 0 fully saturated rings. The van der Waals surface area contributed by atoms with E-state index in [1.165, 1.54) is 12.1 Å². The third-order valence-electron chi connectivity index (χ3n) is 3.55. The van der Waals surface area contributed by atoms with Crippen molar-refractivity contribution in [3.8, 4) is 17.7 Å². The Morgan fingerprint density at radius 1 is 1.04 bits per heavy atom. The molecule has 1 aromatic carbocycles. The largest absolute Gasteiger partial charge is 0.459 e. The number of rotatable bonds is 5. The first-order valence-electron chi connectivity index (χ1n) is 7.76. The number of hydrogen-bond donors (Lipinski definition) is 0. The standard InChI is InChI=1S/C19H21FN2O/c1-4-22(5-2)15(3)23-19-13-10-17(14-21-19)7-6-16-8-11-18(20)12-9-16/h8-15H,4-5H2,1-3H3. The molecule has 2 aromatic rings. The Morgan fingerprint density at radius 3 is 2.22 bits per heavy atom. The number of nitrogens with zero attached hydrogens (tertiary/aromatic N) is 2. The molecule has 0 saturated carbocycles. The molecule has 1 aromatic heterocycles. The number of hydrogen-bond acceptors (Lipinski definition) is 3. The summed E-state index contributed by atoms with van der Waals surface area (Å²) in [4.78, 5) is 6.48. The molecule has 0 radical (unpaired) electrons. The molecule has 1 heterocycles. The van der Waals surface area contributed by atoms with Gasteiger partial charge in [-0.15, -0.1) is 0 Å². The second kappa shape index (κ2) is 8.30. The van der Waals surface area contributed by atoms with E-state index in [2.05, 4.69) is 35.6 Å². The zero-order chi connectivity index (χ0) is 16.7. The van der Waals surface area contributed by atoms with E-state index in [1.54, 1.807) is 18.3 Å². The molecule has 1 unspecified atom stereocenters. The summed E-state index contributed by atoms with van der Waals surface area (Å²) in [6.07, 6.45) is 1.66. The maximum Gasteiger partial charge on any atom is 0.214 e. The first-order valence-corrected chi connectivity index (χ1v) is 7.76. The van der Waals surface area contributed by atoms with Crippen LogP contribution in [0.4, 0.5) is 4.39 Å². The molecule has 0 N–H and O–H groups in total. The monoisotopic (exact) mass is 312 g/mol. The van der Waals surface area contributed by atoms with E-state index in [0.717, 1.165) is 24.2 Å². The van der Waals surface area contributed by atoms with E-state index in [9.17, 15) is 4.39 Å². The predicted molar refractivity (Wildman–Crippen MR) is 89.6 cm³/mol. The molecule has 3 nitrogen and oxygen atoms in total. The van der Waals surface area contributed by atoms with Gasteiger partial charge in [-0.2, -0.15) is 0 Å². The highest BCUT2D eigenvalue weighted by Gasteiger charge is 2.11. The van der Waals surface area contributed by atoms with Crippen molar-refractivity contribution in [2.45, 2.75) is 27.0 Å². The van der Waals surface area contributed by atoms with Gasteiger partial charge in [0.05, 0.1) is 0 Å². The van der Waals surface area contributed by atoms with E-state index in [4.69, 9.17) is 4.74 Å². The lowest BCUT2D eigenvalue weighted by Gasteiger charge is -2.26. The van der Waals surface area contributed by atoms with Crippen LogP contribution in [0.25, 0.3) is 0 Å². The lowest BCUT2D eigenvalue weighted by molar-refractivity contribution is 0.0443. The molecule has 0 spiro atoms. The van der Waals surface area contributed by atoms with Crippen molar-refractivity contribution in [3.05, 3.63) is 59.5 Å². The quantitative estimate of drug-likeness (QED) is 0.622. The van der Waals surface area contributed by atoms with E-state index in [-0.39, 0.29) is 12.0 Å². The number of pyridine rings is 1. The highest BCUT2D eigenvalue weighted by atomic mass is 19.1. The van der Waals surface area contributed by atoms with Crippen LogP contribution in [0.1, 0.15) is 31.9 Å². The van der Waals surface area contributed by atoms with Gasteiger partial charge in [0, 0.05) is 23.4 Å². The molecule has 0 aliphatic rings. The predicted octanol–water partition coefficient (Wildman–Crippen LogP) is 3.69. The lowest BCUT2D eigenvalue weighted by atomic mass is 10.2. The maximum atomic E-state index is 12.8. The Balaban J connectivity index is 2.01. The number of aromatic nitrogens is 1. The average Bonchev–Trinajstić information content (AvgIpc) is 2.57. The highest BCUT2D eigenvalue weighted by Crippen LogP contribution is 2.11. The van der Waals surface area contributed by atoms with Crippen LogP contribution in [0.3, 0.4) is 0 Å². The molecule has 23 heavy (non-hydrogen) atoms. The Morgan fingerprint density at radius 2 is 1.65 bits per heavy atom. The fraction of sp³-hybridized carbons (Fsp3) is 0.316. The zero-order valence-corrected chi connectivity index (χ0v) is 13.7. The van der Waals surface area contributed by atoms with Gasteiger partial charge in [0.25, 0.3) is 0 Å². The smallest absolute Gasteiger partial charge is 0.214 e. The van der Waals surface area contributed by atoms with Crippen LogP contribution in [-0.2, 0) is 0 Å². The number of ether oxygens (including phenoxy) is 1. The first-order chi connectivity index (χ1) is 11.1. The van der Waals surface area contributed by atoms with Crippen molar-refractivity contribution < 1.29 is 9.13 Å². The van der Waals surface area contributed by atoms with Gasteiger partial charge in [0.15, 0.2) is 6.23 Å². The summed E-state index contributed by atoms with van der Waals surface area (Å²) >= 11 is 0. The van der Waals surface area contributed by atoms with E-state index in [1.807, 2.05) is 19.1 Å². The maximum absolute atomic E-state index is 12.8. The topological polar surface area (TPSA) is 25.4 Å². The minimum atomic E-state index is -0.263. The van der Waals surface area contributed by atoms with Crippen molar-refractivity contribution in [2.75, 3.05) is 13.1 Å². The summed E-state index contributed by atoms with van der Waals surface area (Å²) < 4.78 is 18.6. The van der Waals surface area contributed by atoms with Gasteiger partial charge in [-0.1, -0.05) is 25.7 Å². The molecular weight excluding hydrogens is 291 g/mol. The summed E-state index contributed by atoms with van der Waals surface area (Å²) in [7, 11) is 0. The second-order valence-electron chi connectivity index (χ2n) is 5.08. The highest BCUT2D eigenvalue weighted by molar-refractivity contribution is 5.42. The van der Waals surface area contributed by atoms with Crippen molar-refractivity contribution in [2.24, 2.45) is 0 Å². The fourth-order valence-electron chi connectivity index (χ4n) is 2.19. The molecule has 0 saturated heterocycles. The summed E-state index contributed by atoms with van der Waals surface area (Å²) in [6.45, 7) is 8.07. The van der Waals surface area contributed by atoms with Crippen LogP contribution >= 0.6 is 0 Å². The van der Waals surface area contributed by atoms with Crippen LogP contribution in [0, 0.1) is 17.7 Å². The Labute approximate surface area is 137 Å². The molecule has 120 valence electrons. The van der Waals surface area contributed by atoms with Crippen LogP contribution < -0.4 is 4.74 Å². The van der Waals surface area contributed by atoms with Gasteiger partial charge in [0.2, 0.25) is 5.88 Å². The molecule has 0 bridgehead atoms. The van der Waals surface area contributed by atoms with Gasteiger partial charge < -0.3 is 4.74 Å². The SMILES string of the molecule is CCN(CC)C(C)Oc1ccc(C#Cc2ccc(F)cc2)cn1. The fourth-order valence-corrected chi connectivity index (χ4v) is 2.19. The van der Waals surface area contributed by atoms with Gasteiger partial charge in [0.1, 0.15) is 5.82 Å². The van der Waals surface area contributed by atoms with E-state index >= 15 is 0 Å². The van der Waals surface area contributed by atoms with Crippen LogP contribution in [-0.4, -0.2) is 29.2 Å². The molecule has 0 amide bonds. The number of benzene rings is 1. The van der Waals surface area contributed by atoms with Crippen molar-refractivity contribution in [3.63, 3.8) is 0 Å². The van der Waals surface area contributed by atoms with Crippen molar-refractivity contribution in [1.82, 2.24) is 9.88 Å². The molecule has 0 aliphatic carbocycles. The van der Waals surface area contributed by atoms with Crippen LogP contribution in [0.5, 0.6) is 5.88 Å². The van der Waals surface area contributed by atoms with Crippen LogP contribution in [0.2, 0.25) is 0 Å². The molecular formula is C19H21FN2O. The minimum Gasteiger partial charge on any atom is -0.459 e. The normalized spacial score (nSPS) is 11.7. The Kier molecular flexibility index (Phi) is 6.13. The summed E-state index contributed by atoms with van der Waals surface area (Å²) in [6, 6.07) is 9.78. The van der Waals surface area contributed by atoms with Gasteiger partial charge >= 0.3 is 0 Å². The third kappa shape index (κ3) is 5.08. The van der Waals surface area contributed by atoms with E-state index < -0.39 is 0 Å². The first kappa shape index (κ1) is 17.0. The van der Waals surface area contributed by atoms with Crippen LogP contribution in [0.15, 0.2) is 42.6 Å².